The van der Waals surface area contributed by atoms with E-state index < -0.39 is 0 Å². The number of nitrogens with zero attached hydrogens (tertiary/aromatic N) is 1. The third-order valence-electron chi connectivity index (χ3n) is 3.38. The van der Waals surface area contributed by atoms with Crippen molar-refractivity contribution in [2.45, 2.75) is 51.6 Å². The lowest BCUT2D eigenvalue weighted by atomic mass is 9.90. The Kier molecular flexibility index (Phi) is 4.90. The molecule has 1 aliphatic rings. The lowest BCUT2D eigenvalue weighted by molar-refractivity contribution is 0.161. The molecule has 0 unspecified atom stereocenters. The average molecular weight is 198 g/mol. The van der Waals surface area contributed by atoms with Gasteiger partial charge in [-0.2, -0.15) is 0 Å². The van der Waals surface area contributed by atoms with Gasteiger partial charge in [-0.1, -0.05) is 13.8 Å². The maximum Gasteiger partial charge on any atom is 0.00934 e. The first-order valence-corrected chi connectivity index (χ1v) is 6.01. The molecule has 1 N–H and O–H groups in total. The van der Waals surface area contributed by atoms with Crippen molar-refractivity contribution in [1.82, 2.24) is 10.2 Å². The molecule has 0 heterocycles. The predicted molar refractivity (Wildman–Crippen MR) is 62.6 cm³/mol. The van der Waals surface area contributed by atoms with Crippen LogP contribution >= 0.6 is 0 Å². The lowest BCUT2D eigenvalue weighted by Gasteiger charge is -2.35. The maximum atomic E-state index is 3.39. The second-order valence-electron chi connectivity index (χ2n) is 5.13. The van der Waals surface area contributed by atoms with Crippen LogP contribution in [-0.2, 0) is 0 Å². The molecule has 0 aromatic rings. The van der Waals surface area contributed by atoms with Crippen LogP contribution in [0.5, 0.6) is 0 Å². The highest BCUT2D eigenvalue weighted by molar-refractivity contribution is 4.81. The largest absolute Gasteiger partial charge is 0.317 e. The summed E-state index contributed by atoms with van der Waals surface area (Å²) in [7, 11) is 4.37. The van der Waals surface area contributed by atoms with E-state index in [9.17, 15) is 0 Å². The molecule has 1 rings (SSSR count). The zero-order chi connectivity index (χ0) is 10.6. The van der Waals surface area contributed by atoms with Crippen LogP contribution in [0.2, 0.25) is 0 Å². The van der Waals surface area contributed by atoms with E-state index in [1.807, 2.05) is 0 Å². The summed E-state index contributed by atoms with van der Waals surface area (Å²) in [6.45, 7) is 5.85. The zero-order valence-electron chi connectivity index (χ0n) is 10.2. The smallest absolute Gasteiger partial charge is 0.00934 e. The maximum absolute atomic E-state index is 3.39. The molecule has 1 aliphatic carbocycles. The van der Waals surface area contributed by atoms with Crippen molar-refractivity contribution >= 4 is 0 Å². The van der Waals surface area contributed by atoms with Gasteiger partial charge in [0.15, 0.2) is 0 Å². The molecular formula is C12H26N2. The van der Waals surface area contributed by atoms with Crippen LogP contribution in [0, 0.1) is 5.92 Å². The minimum atomic E-state index is 0.777. The van der Waals surface area contributed by atoms with Crippen molar-refractivity contribution in [2.24, 2.45) is 5.92 Å². The van der Waals surface area contributed by atoms with Gasteiger partial charge in [0.25, 0.3) is 0 Å². The summed E-state index contributed by atoms with van der Waals surface area (Å²) in [6.07, 6.45) is 5.44. The molecule has 1 fully saturated rings. The van der Waals surface area contributed by atoms with Gasteiger partial charge in [0.05, 0.1) is 0 Å². The van der Waals surface area contributed by atoms with Gasteiger partial charge >= 0.3 is 0 Å². The second-order valence-corrected chi connectivity index (χ2v) is 5.13. The summed E-state index contributed by atoms with van der Waals surface area (Å²) in [4.78, 5) is 2.55. The Labute approximate surface area is 89.1 Å². The molecule has 0 amide bonds. The predicted octanol–water partition coefficient (Wildman–Crippen LogP) is 2.10. The molecule has 14 heavy (non-hydrogen) atoms. The highest BCUT2D eigenvalue weighted by Crippen LogP contribution is 2.22. The van der Waals surface area contributed by atoms with Gasteiger partial charge in [-0.3, -0.25) is 0 Å². The number of rotatable bonds is 4. The van der Waals surface area contributed by atoms with Gasteiger partial charge < -0.3 is 10.2 Å². The Balaban J connectivity index is 2.26. The molecule has 0 aliphatic heterocycles. The molecule has 0 atom stereocenters. The number of hydrogen-bond donors (Lipinski definition) is 1. The standard InChI is InChI=1S/C12H26N2/c1-10(2)9-14(4)12-7-5-11(13-3)6-8-12/h10-13H,5-9H2,1-4H3. The number of hydrogen-bond acceptors (Lipinski definition) is 2. The fourth-order valence-corrected chi connectivity index (χ4v) is 2.53. The summed E-state index contributed by atoms with van der Waals surface area (Å²) in [5.74, 6) is 0.794. The van der Waals surface area contributed by atoms with Crippen LogP contribution in [0.1, 0.15) is 39.5 Å². The first kappa shape index (κ1) is 12.0. The molecule has 0 bridgehead atoms. The SMILES string of the molecule is CNC1CCC(N(C)CC(C)C)CC1. The third kappa shape index (κ3) is 3.58. The lowest BCUT2D eigenvalue weighted by Crippen LogP contribution is -2.41. The van der Waals surface area contributed by atoms with E-state index in [1.54, 1.807) is 0 Å². The van der Waals surface area contributed by atoms with Crippen molar-refractivity contribution in [2.75, 3.05) is 20.6 Å². The summed E-state index contributed by atoms with van der Waals surface area (Å²) < 4.78 is 0. The Hall–Kier alpha value is -0.0800. The van der Waals surface area contributed by atoms with Crippen molar-refractivity contribution in [3.8, 4) is 0 Å². The molecule has 0 aromatic carbocycles. The Morgan fingerprint density at radius 3 is 2.21 bits per heavy atom. The Bertz CT molecular complexity index is 148. The van der Waals surface area contributed by atoms with Gasteiger partial charge in [-0.25, -0.2) is 0 Å². The van der Waals surface area contributed by atoms with E-state index in [-0.39, 0.29) is 0 Å². The fraction of sp³-hybridized carbons (Fsp3) is 1.00. The van der Waals surface area contributed by atoms with Crippen molar-refractivity contribution in [3.05, 3.63) is 0 Å². The van der Waals surface area contributed by atoms with Crippen LogP contribution in [0.3, 0.4) is 0 Å². The molecule has 0 radical (unpaired) electrons. The van der Waals surface area contributed by atoms with E-state index in [2.05, 4.69) is 38.2 Å². The van der Waals surface area contributed by atoms with Crippen LogP contribution in [-0.4, -0.2) is 37.6 Å². The van der Waals surface area contributed by atoms with Gasteiger partial charge in [0.1, 0.15) is 0 Å². The third-order valence-corrected chi connectivity index (χ3v) is 3.38. The quantitative estimate of drug-likeness (QED) is 0.744. The van der Waals surface area contributed by atoms with Gasteiger partial charge in [-0.15, -0.1) is 0 Å². The average Bonchev–Trinajstić information content (AvgIpc) is 2.17. The molecular weight excluding hydrogens is 172 g/mol. The molecule has 2 nitrogen and oxygen atoms in total. The van der Waals surface area contributed by atoms with E-state index in [1.165, 1.54) is 32.2 Å². The monoisotopic (exact) mass is 198 g/mol. The first-order valence-electron chi connectivity index (χ1n) is 6.01. The molecule has 0 spiro atoms. The first-order chi connectivity index (χ1) is 6.63. The minimum Gasteiger partial charge on any atom is -0.317 e. The Morgan fingerprint density at radius 2 is 1.79 bits per heavy atom. The molecule has 1 saturated carbocycles. The second kappa shape index (κ2) is 5.72. The van der Waals surface area contributed by atoms with Crippen molar-refractivity contribution < 1.29 is 0 Å². The normalized spacial score (nSPS) is 28.7. The highest BCUT2D eigenvalue weighted by atomic mass is 15.1. The topological polar surface area (TPSA) is 15.3 Å². The summed E-state index contributed by atoms with van der Waals surface area (Å²) >= 11 is 0. The van der Waals surface area contributed by atoms with Crippen LogP contribution < -0.4 is 5.32 Å². The zero-order valence-corrected chi connectivity index (χ0v) is 10.2. The van der Waals surface area contributed by atoms with E-state index in [0.29, 0.717) is 0 Å². The van der Waals surface area contributed by atoms with Gasteiger partial charge in [0, 0.05) is 18.6 Å². The number of nitrogens with one attached hydrogen (secondary N) is 1. The minimum absolute atomic E-state index is 0.777. The summed E-state index contributed by atoms with van der Waals surface area (Å²) in [5, 5.41) is 3.39. The molecule has 0 aromatic heterocycles. The highest BCUT2D eigenvalue weighted by Gasteiger charge is 2.22. The van der Waals surface area contributed by atoms with Crippen LogP contribution in [0.25, 0.3) is 0 Å². The van der Waals surface area contributed by atoms with E-state index in [4.69, 9.17) is 0 Å². The van der Waals surface area contributed by atoms with Crippen molar-refractivity contribution in [1.29, 1.82) is 0 Å². The fourth-order valence-electron chi connectivity index (χ4n) is 2.53. The summed E-state index contributed by atoms with van der Waals surface area (Å²) in [5.41, 5.74) is 0. The van der Waals surface area contributed by atoms with E-state index in [0.717, 1.165) is 18.0 Å². The Morgan fingerprint density at radius 1 is 1.21 bits per heavy atom. The van der Waals surface area contributed by atoms with Gasteiger partial charge in [-0.05, 0) is 45.7 Å². The molecule has 0 saturated heterocycles. The van der Waals surface area contributed by atoms with Crippen LogP contribution in [0.15, 0.2) is 0 Å². The molecule has 84 valence electrons. The van der Waals surface area contributed by atoms with Gasteiger partial charge in [0.2, 0.25) is 0 Å². The molecule has 2 heteroatoms. The summed E-state index contributed by atoms with van der Waals surface area (Å²) in [6, 6.07) is 1.61. The van der Waals surface area contributed by atoms with Crippen molar-refractivity contribution in [3.63, 3.8) is 0 Å². The van der Waals surface area contributed by atoms with E-state index >= 15 is 0 Å². The van der Waals surface area contributed by atoms with Crippen LogP contribution in [0.4, 0.5) is 0 Å².